The van der Waals surface area contributed by atoms with Crippen LogP contribution in [0.4, 0.5) is 0 Å². The van der Waals surface area contributed by atoms with Crippen LogP contribution in [0.15, 0.2) is 72.2 Å². The van der Waals surface area contributed by atoms with Crippen molar-refractivity contribution >= 4 is 28.2 Å². The van der Waals surface area contributed by atoms with E-state index in [0.29, 0.717) is 0 Å². The Hall–Kier alpha value is -2.85. The molecule has 0 saturated heterocycles. The Morgan fingerprint density at radius 3 is 1.45 bits per heavy atom. The van der Waals surface area contributed by atoms with Gasteiger partial charge in [0.05, 0.1) is 11.1 Å². The molecule has 0 spiro atoms. The quantitative estimate of drug-likeness (QED) is 0.194. The van der Waals surface area contributed by atoms with Crippen LogP contribution in [0.2, 0.25) is 26.2 Å². The number of rotatable bonds is 12. The van der Waals surface area contributed by atoms with Crippen molar-refractivity contribution in [2.24, 2.45) is 0 Å². The standard InChI is InChI=1S/C22H28N2O3Si2/c1-7-11-19(17-23)21(25)13-9-15-28(3,4)27-29(5,6)16-10-14-22(26)20(18-24)12-8-2/h7-12,15-16H,1-2,13-14H2,3-6H3. The number of Topliss-reactive ketones (excluding diaryl/α,β-unsaturated/α-hetero) is 2. The number of allylic oxidation sites excluding steroid dienone is 8. The van der Waals surface area contributed by atoms with Crippen LogP contribution < -0.4 is 0 Å². The number of nitriles is 2. The lowest BCUT2D eigenvalue weighted by Crippen LogP contribution is -2.42. The second-order valence-electron chi connectivity index (χ2n) is 7.22. The largest absolute Gasteiger partial charge is 0.449 e. The number of ketones is 2. The molecule has 0 N–H and O–H groups in total. The lowest BCUT2D eigenvalue weighted by atomic mass is 10.1. The summed E-state index contributed by atoms with van der Waals surface area (Å²) in [5, 5.41) is 17.9. The lowest BCUT2D eigenvalue weighted by molar-refractivity contribution is -0.115. The molecule has 0 aliphatic rings. The molecule has 0 rings (SSSR count). The van der Waals surface area contributed by atoms with Crippen molar-refractivity contribution in [3.05, 3.63) is 72.2 Å². The van der Waals surface area contributed by atoms with Crippen LogP contribution in [-0.4, -0.2) is 28.2 Å². The van der Waals surface area contributed by atoms with Gasteiger partial charge in [-0.25, -0.2) is 0 Å². The Morgan fingerprint density at radius 1 is 0.828 bits per heavy atom. The van der Waals surface area contributed by atoms with Gasteiger partial charge in [0.2, 0.25) is 0 Å². The number of hydrogen-bond donors (Lipinski definition) is 0. The highest BCUT2D eigenvalue weighted by molar-refractivity contribution is 6.89. The summed E-state index contributed by atoms with van der Waals surface area (Å²) in [6.45, 7) is 15.1. The highest BCUT2D eigenvalue weighted by Gasteiger charge is 2.29. The monoisotopic (exact) mass is 424 g/mol. The van der Waals surface area contributed by atoms with Crippen LogP contribution in [0.1, 0.15) is 12.8 Å². The molecule has 0 radical (unpaired) electrons. The predicted octanol–water partition coefficient (Wildman–Crippen LogP) is 4.79. The third kappa shape index (κ3) is 10.9. The average molecular weight is 425 g/mol. The van der Waals surface area contributed by atoms with Gasteiger partial charge in [-0.05, 0) is 38.3 Å². The number of hydrogen-bond acceptors (Lipinski definition) is 5. The Morgan fingerprint density at radius 2 is 1.17 bits per heavy atom. The number of carbonyl (C=O) groups is 2. The van der Waals surface area contributed by atoms with Crippen molar-refractivity contribution in [3.63, 3.8) is 0 Å². The molecule has 0 unspecified atom stereocenters. The topological polar surface area (TPSA) is 90.9 Å². The zero-order chi connectivity index (χ0) is 22.5. The third-order valence-electron chi connectivity index (χ3n) is 3.58. The molecular weight excluding hydrogens is 396 g/mol. The molecule has 29 heavy (non-hydrogen) atoms. The fourth-order valence-electron chi connectivity index (χ4n) is 2.49. The van der Waals surface area contributed by atoms with Crippen LogP contribution in [0, 0.1) is 22.7 Å². The molecule has 0 fully saturated rings. The fourth-order valence-corrected chi connectivity index (χ4v) is 9.83. The van der Waals surface area contributed by atoms with Gasteiger partial charge in [0.1, 0.15) is 12.1 Å². The summed E-state index contributed by atoms with van der Waals surface area (Å²) in [6, 6.07) is 3.74. The Balaban J connectivity index is 4.96. The van der Waals surface area contributed by atoms with Gasteiger partial charge in [-0.15, -0.1) is 0 Å². The molecule has 0 aliphatic carbocycles. The highest BCUT2D eigenvalue weighted by atomic mass is 28.4. The maximum atomic E-state index is 12.0. The van der Waals surface area contributed by atoms with E-state index in [9.17, 15) is 9.59 Å². The summed E-state index contributed by atoms with van der Waals surface area (Å²) in [7, 11) is -4.39. The molecule has 0 heterocycles. The van der Waals surface area contributed by atoms with Crippen LogP contribution in [0.25, 0.3) is 0 Å². The first-order valence-corrected chi connectivity index (χ1v) is 15.1. The van der Waals surface area contributed by atoms with Gasteiger partial charge < -0.3 is 4.12 Å². The fraction of sp³-hybridized carbons (Fsp3) is 0.273. The first-order chi connectivity index (χ1) is 13.5. The Kier molecular flexibility index (Phi) is 11.3. The minimum absolute atomic E-state index is 0.0783. The number of nitrogens with zero attached hydrogens (tertiary/aromatic N) is 2. The smallest absolute Gasteiger partial charge is 0.198 e. The molecule has 0 aliphatic heterocycles. The summed E-state index contributed by atoms with van der Waals surface area (Å²) in [5.74, 6) is -0.520. The molecule has 0 atom stereocenters. The minimum atomic E-state index is -2.19. The van der Waals surface area contributed by atoms with Crippen molar-refractivity contribution in [1.82, 2.24) is 0 Å². The van der Waals surface area contributed by atoms with E-state index < -0.39 is 16.6 Å². The zero-order valence-corrected chi connectivity index (χ0v) is 19.6. The van der Waals surface area contributed by atoms with E-state index in [1.807, 2.05) is 49.7 Å². The van der Waals surface area contributed by atoms with E-state index in [1.54, 1.807) is 12.2 Å². The molecule has 152 valence electrons. The van der Waals surface area contributed by atoms with Crippen LogP contribution in [0.3, 0.4) is 0 Å². The summed E-state index contributed by atoms with van der Waals surface area (Å²) < 4.78 is 6.35. The maximum Gasteiger partial charge on any atom is 0.198 e. The first-order valence-electron chi connectivity index (χ1n) is 9.09. The maximum absolute atomic E-state index is 12.0. The molecule has 0 bridgehead atoms. The Labute approximate surface area is 175 Å². The van der Waals surface area contributed by atoms with Gasteiger partial charge in [-0.3, -0.25) is 9.59 Å². The van der Waals surface area contributed by atoms with E-state index in [1.165, 1.54) is 24.3 Å². The average Bonchev–Trinajstić information content (AvgIpc) is 2.62. The summed E-state index contributed by atoms with van der Waals surface area (Å²) >= 11 is 0. The van der Waals surface area contributed by atoms with Crippen LogP contribution in [0.5, 0.6) is 0 Å². The molecular formula is C22H28N2O3Si2. The predicted molar refractivity (Wildman–Crippen MR) is 121 cm³/mol. The van der Waals surface area contributed by atoms with Crippen LogP contribution in [-0.2, 0) is 13.7 Å². The minimum Gasteiger partial charge on any atom is -0.449 e. The molecule has 0 aromatic rings. The van der Waals surface area contributed by atoms with Gasteiger partial charge in [-0.2, -0.15) is 10.5 Å². The second kappa shape index (κ2) is 12.6. The normalized spacial score (nSPS) is 13.2. The highest BCUT2D eigenvalue weighted by Crippen LogP contribution is 2.18. The van der Waals surface area contributed by atoms with Gasteiger partial charge in [0.25, 0.3) is 0 Å². The third-order valence-corrected chi connectivity index (χ3v) is 9.87. The van der Waals surface area contributed by atoms with Gasteiger partial charge in [-0.1, -0.05) is 48.9 Å². The molecule has 0 amide bonds. The van der Waals surface area contributed by atoms with Gasteiger partial charge >= 0.3 is 0 Å². The Bertz CT molecular complexity index is 778. The zero-order valence-electron chi connectivity index (χ0n) is 17.6. The van der Waals surface area contributed by atoms with Crippen LogP contribution >= 0.6 is 0 Å². The van der Waals surface area contributed by atoms with Crippen molar-refractivity contribution < 1.29 is 13.7 Å². The molecule has 5 nitrogen and oxygen atoms in total. The van der Waals surface area contributed by atoms with Crippen molar-refractivity contribution in [1.29, 1.82) is 10.5 Å². The first kappa shape index (κ1) is 26.2. The second-order valence-corrected chi connectivity index (χ2v) is 15.1. The van der Waals surface area contributed by atoms with Crippen molar-refractivity contribution in [2.45, 2.75) is 39.0 Å². The van der Waals surface area contributed by atoms with E-state index in [2.05, 4.69) is 13.2 Å². The van der Waals surface area contributed by atoms with Gasteiger partial charge in [0, 0.05) is 12.8 Å². The lowest BCUT2D eigenvalue weighted by Gasteiger charge is -2.29. The van der Waals surface area contributed by atoms with E-state index in [-0.39, 0.29) is 35.6 Å². The van der Waals surface area contributed by atoms with Crippen molar-refractivity contribution in [3.8, 4) is 12.1 Å². The molecule has 0 aromatic carbocycles. The number of carbonyl (C=O) groups excluding carboxylic acids is 2. The van der Waals surface area contributed by atoms with E-state index >= 15 is 0 Å². The van der Waals surface area contributed by atoms with Crippen molar-refractivity contribution in [2.75, 3.05) is 0 Å². The van der Waals surface area contributed by atoms with E-state index in [4.69, 9.17) is 14.6 Å². The molecule has 7 heteroatoms. The summed E-state index contributed by atoms with van der Waals surface area (Å²) in [5.41, 5.74) is 4.02. The summed E-state index contributed by atoms with van der Waals surface area (Å²) in [6.07, 6.45) is 9.40. The van der Waals surface area contributed by atoms with Gasteiger partial charge in [0.15, 0.2) is 28.2 Å². The van der Waals surface area contributed by atoms with E-state index in [0.717, 1.165) is 0 Å². The summed E-state index contributed by atoms with van der Waals surface area (Å²) in [4.78, 5) is 24.0. The SMILES string of the molecule is C=CC=C(C#N)C(=O)CC=C[Si](C)(C)O[Si](C)(C)C=CCC(=O)C(C#N)=CC=C. The molecule has 0 aromatic heterocycles. The molecule has 0 saturated carbocycles.